The number of nitrogens with zero attached hydrogens (tertiary/aromatic N) is 6. The van der Waals surface area contributed by atoms with Crippen LogP contribution < -0.4 is 14.5 Å². The average Bonchev–Trinajstić information content (AvgIpc) is 2.71. The first kappa shape index (κ1) is 17.2. The fourth-order valence-electron chi connectivity index (χ4n) is 3.85. The largest absolute Gasteiger partial charge is 0.474 e. The average molecular weight is 376 g/mol. The lowest BCUT2D eigenvalue weighted by atomic mass is 9.96. The lowest BCUT2D eigenvalue weighted by Crippen LogP contribution is -2.47. The first-order chi connectivity index (χ1) is 13.8. The number of piperazine rings is 1. The molecule has 1 saturated carbocycles. The summed E-state index contributed by atoms with van der Waals surface area (Å²) in [5, 5.41) is 0.999. The van der Waals surface area contributed by atoms with E-state index in [1.165, 1.54) is 12.1 Å². The molecular weight excluding hydrogens is 352 g/mol. The summed E-state index contributed by atoms with van der Waals surface area (Å²) in [5.41, 5.74) is 3.11. The van der Waals surface area contributed by atoms with Crippen molar-refractivity contribution in [2.24, 2.45) is 0 Å². The molecule has 0 unspecified atom stereocenters. The number of fused-ring (bicyclic) bond motifs is 1. The molecule has 0 amide bonds. The molecule has 0 bridgehead atoms. The minimum Gasteiger partial charge on any atom is -0.474 e. The van der Waals surface area contributed by atoms with Crippen LogP contribution in [0.4, 0.5) is 11.5 Å². The van der Waals surface area contributed by atoms with E-state index in [0.717, 1.165) is 61.4 Å². The molecule has 0 N–H and O–H groups in total. The number of hydrogen-bond donors (Lipinski definition) is 0. The predicted octanol–water partition coefficient (Wildman–Crippen LogP) is 2.99. The van der Waals surface area contributed by atoms with E-state index in [1.807, 2.05) is 6.92 Å². The highest BCUT2D eigenvalue weighted by molar-refractivity contribution is 5.86. The van der Waals surface area contributed by atoms with Gasteiger partial charge in [-0.15, -0.1) is 0 Å². The fourth-order valence-corrected chi connectivity index (χ4v) is 3.85. The zero-order valence-corrected chi connectivity index (χ0v) is 16.1. The van der Waals surface area contributed by atoms with Gasteiger partial charge in [-0.1, -0.05) is 0 Å². The van der Waals surface area contributed by atoms with Crippen LogP contribution in [0.1, 0.15) is 25.0 Å². The Balaban J connectivity index is 1.35. The van der Waals surface area contributed by atoms with Crippen molar-refractivity contribution in [3.8, 4) is 5.88 Å². The molecule has 28 heavy (non-hydrogen) atoms. The van der Waals surface area contributed by atoms with Crippen LogP contribution in [0.15, 0.2) is 36.9 Å². The van der Waals surface area contributed by atoms with Crippen molar-refractivity contribution in [1.82, 2.24) is 19.9 Å². The van der Waals surface area contributed by atoms with Gasteiger partial charge in [0.25, 0.3) is 0 Å². The number of benzene rings is 1. The second kappa shape index (κ2) is 7.22. The topological polar surface area (TPSA) is 67.3 Å². The maximum atomic E-state index is 6.10. The number of aryl methyl sites for hydroxylation is 1. The maximum Gasteiger partial charge on any atom is 0.224 e. The third-order valence-electron chi connectivity index (χ3n) is 5.71. The molecule has 144 valence electrons. The Morgan fingerprint density at radius 3 is 2.46 bits per heavy atom. The van der Waals surface area contributed by atoms with Crippen molar-refractivity contribution >= 4 is 22.4 Å². The lowest BCUT2D eigenvalue weighted by molar-refractivity contribution is 0.116. The number of anilines is 2. The van der Waals surface area contributed by atoms with E-state index < -0.39 is 0 Å². The van der Waals surface area contributed by atoms with Crippen LogP contribution in [-0.2, 0) is 0 Å². The Labute approximate surface area is 164 Å². The van der Waals surface area contributed by atoms with E-state index >= 15 is 0 Å². The number of ether oxygens (including phenoxy) is 1. The monoisotopic (exact) mass is 376 g/mol. The Bertz CT molecular complexity index is 982. The summed E-state index contributed by atoms with van der Waals surface area (Å²) in [6, 6.07) is 6.39. The molecule has 1 aromatic carbocycles. The first-order valence-electron chi connectivity index (χ1n) is 9.97. The summed E-state index contributed by atoms with van der Waals surface area (Å²) < 4.78 is 6.10. The summed E-state index contributed by atoms with van der Waals surface area (Å²) in [5.74, 6) is 1.70. The molecule has 1 saturated heterocycles. The van der Waals surface area contributed by atoms with Crippen molar-refractivity contribution in [2.75, 3.05) is 36.0 Å². The van der Waals surface area contributed by atoms with E-state index in [-0.39, 0.29) is 0 Å². The third kappa shape index (κ3) is 3.21. The van der Waals surface area contributed by atoms with Gasteiger partial charge >= 0.3 is 0 Å². The van der Waals surface area contributed by atoms with Crippen molar-refractivity contribution < 1.29 is 4.74 Å². The molecule has 2 aliphatic rings. The summed E-state index contributed by atoms with van der Waals surface area (Å²) in [4.78, 5) is 22.4. The third-order valence-corrected chi connectivity index (χ3v) is 5.71. The Hall–Kier alpha value is -2.96. The zero-order chi connectivity index (χ0) is 18.9. The second-order valence-electron chi connectivity index (χ2n) is 7.49. The van der Waals surface area contributed by atoms with E-state index in [4.69, 9.17) is 4.74 Å². The SMILES string of the molecule is Cc1nccnc1N1CCN(c2ccc3ncnc(OC4CCC4)c3c2)CC1. The van der Waals surface area contributed by atoms with Crippen LogP contribution in [0, 0.1) is 6.92 Å². The molecule has 3 aromatic rings. The summed E-state index contributed by atoms with van der Waals surface area (Å²) in [6.07, 6.45) is 8.90. The van der Waals surface area contributed by atoms with Gasteiger partial charge in [-0.2, -0.15) is 0 Å². The maximum absolute atomic E-state index is 6.10. The highest BCUT2D eigenvalue weighted by Gasteiger charge is 2.23. The van der Waals surface area contributed by atoms with Crippen molar-refractivity contribution in [3.05, 3.63) is 42.6 Å². The zero-order valence-electron chi connectivity index (χ0n) is 16.1. The van der Waals surface area contributed by atoms with Crippen molar-refractivity contribution in [2.45, 2.75) is 32.3 Å². The van der Waals surface area contributed by atoms with E-state index in [9.17, 15) is 0 Å². The summed E-state index contributed by atoms with van der Waals surface area (Å²) in [6.45, 7) is 5.74. The van der Waals surface area contributed by atoms with Gasteiger partial charge in [0.1, 0.15) is 18.2 Å². The smallest absolute Gasteiger partial charge is 0.224 e. The van der Waals surface area contributed by atoms with Gasteiger partial charge in [-0.25, -0.2) is 15.0 Å². The van der Waals surface area contributed by atoms with Crippen LogP contribution in [0.2, 0.25) is 0 Å². The number of rotatable bonds is 4. The standard InChI is InChI=1S/C21H24N6O/c1-15-20(23-8-7-22-15)27-11-9-26(10-12-27)16-5-6-19-18(13-16)21(25-14-24-19)28-17-3-2-4-17/h5-8,13-14,17H,2-4,9-12H2,1H3. The molecule has 7 nitrogen and oxygen atoms in total. The Morgan fingerprint density at radius 2 is 1.71 bits per heavy atom. The van der Waals surface area contributed by atoms with Gasteiger partial charge in [0.2, 0.25) is 5.88 Å². The predicted molar refractivity (Wildman–Crippen MR) is 109 cm³/mol. The quantitative estimate of drug-likeness (QED) is 0.693. The Morgan fingerprint density at radius 1 is 0.929 bits per heavy atom. The summed E-state index contributed by atoms with van der Waals surface area (Å²) in [7, 11) is 0. The first-order valence-corrected chi connectivity index (χ1v) is 9.97. The molecule has 7 heteroatoms. The molecular formula is C21H24N6O. The van der Waals surface area contributed by atoms with Crippen LogP contribution in [0.5, 0.6) is 5.88 Å². The van der Waals surface area contributed by atoms with E-state index in [2.05, 4.69) is 47.9 Å². The van der Waals surface area contributed by atoms with Crippen LogP contribution in [0.3, 0.4) is 0 Å². The molecule has 5 rings (SSSR count). The fraction of sp³-hybridized carbons (Fsp3) is 0.429. The minimum absolute atomic E-state index is 0.306. The molecule has 3 heterocycles. The molecule has 1 aliphatic carbocycles. The van der Waals surface area contributed by atoms with Crippen LogP contribution in [-0.4, -0.2) is 52.2 Å². The molecule has 2 fully saturated rings. The molecule has 0 spiro atoms. The normalized spacial score (nSPS) is 17.6. The van der Waals surface area contributed by atoms with Gasteiger partial charge in [0, 0.05) is 44.3 Å². The Kier molecular flexibility index (Phi) is 4.43. The molecule has 0 radical (unpaired) electrons. The number of aromatic nitrogens is 4. The van der Waals surface area contributed by atoms with Gasteiger partial charge < -0.3 is 14.5 Å². The van der Waals surface area contributed by atoms with Crippen molar-refractivity contribution in [3.63, 3.8) is 0 Å². The van der Waals surface area contributed by atoms with Gasteiger partial charge in [0.05, 0.1) is 16.6 Å². The van der Waals surface area contributed by atoms with Gasteiger partial charge in [-0.3, -0.25) is 4.98 Å². The van der Waals surface area contributed by atoms with E-state index in [1.54, 1.807) is 18.7 Å². The van der Waals surface area contributed by atoms with E-state index in [0.29, 0.717) is 12.0 Å². The van der Waals surface area contributed by atoms with Gasteiger partial charge in [0.15, 0.2) is 0 Å². The molecule has 1 aliphatic heterocycles. The lowest BCUT2D eigenvalue weighted by Gasteiger charge is -2.37. The van der Waals surface area contributed by atoms with Crippen LogP contribution >= 0.6 is 0 Å². The summed E-state index contributed by atoms with van der Waals surface area (Å²) >= 11 is 0. The number of hydrogen-bond acceptors (Lipinski definition) is 7. The molecule has 2 aromatic heterocycles. The minimum atomic E-state index is 0.306. The van der Waals surface area contributed by atoms with Crippen molar-refractivity contribution in [1.29, 1.82) is 0 Å². The van der Waals surface area contributed by atoms with Gasteiger partial charge in [-0.05, 0) is 44.4 Å². The van der Waals surface area contributed by atoms with Crippen LogP contribution in [0.25, 0.3) is 10.9 Å². The highest BCUT2D eigenvalue weighted by atomic mass is 16.5. The second-order valence-corrected chi connectivity index (χ2v) is 7.49. The highest BCUT2D eigenvalue weighted by Crippen LogP contribution is 2.31. The molecule has 0 atom stereocenters.